The second kappa shape index (κ2) is 26.7. The number of amides is 8. The molecule has 2 atom stereocenters. The summed E-state index contributed by atoms with van der Waals surface area (Å²) in [5.41, 5.74) is 14.5. The van der Waals surface area contributed by atoms with Gasteiger partial charge >= 0.3 is 12.1 Å². The van der Waals surface area contributed by atoms with Crippen LogP contribution in [0, 0.1) is 19.8 Å². The van der Waals surface area contributed by atoms with Crippen LogP contribution in [0.5, 0.6) is 0 Å². The molecule has 8 amide bonds. The van der Waals surface area contributed by atoms with Crippen molar-refractivity contribution in [3.8, 4) is 33.8 Å². The van der Waals surface area contributed by atoms with E-state index in [0.29, 0.717) is 59.1 Å². The van der Waals surface area contributed by atoms with Crippen LogP contribution in [-0.4, -0.2) is 106 Å². The molecule has 0 saturated heterocycles. The number of pyridine rings is 2. The van der Waals surface area contributed by atoms with E-state index in [-0.39, 0.29) is 75.7 Å². The summed E-state index contributed by atoms with van der Waals surface area (Å²) in [6.07, 6.45) is 7.29. The number of nitrogens with two attached hydrogens (primary N) is 1. The highest BCUT2D eigenvalue weighted by atomic mass is 16.6. The number of ether oxygens (including phenoxy) is 1. The number of aryl methyl sites for hydroxylation is 1. The Kier molecular flexibility index (Phi) is 18.9. The first-order valence-corrected chi connectivity index (χ1v) is 26.5. The second-order valence-electron chi connectivity index (χ2n) is 19.9. The van der Waals surface area contributed by atoms with E-state index in [9.17, 15) is 33.6 Å². The largest absolute Gasteiger partial charge is 0.445 e. The second-order valence-corrected chi connectivity index (χ2v) is 19.9. The maximum absolute atomic E-state index is 14.4. The number of anilines is 1. The number of benzene rings is 3. The quantitative estimate of drug-likeness (QED) is 0.0243. The van der Waals surface area contributed by atoms with E-state index in [1.54, 1.807) is 47.5 Å². The molecule has 8 rings (SSSR count). The number of nitrogens with one attached hydrogen (secondary N) is 5. The van der Waals surface area contributed by atoms with Crippen LogP contribution in [0.2, 0.25) is 0 Å². The lowest BCUT2D eigenvalue weighted by molar-refractivity contribution is -0.137. The zero-order valence-corrected chi connectivity index (χ0v) is 45.1. The smallest absolute Gasteiger partial charge is 0.410 e. The van der Waals surface area contributed by atoms with E-state index >= 15 is 0 Å². The molecule has 4 aromatic heterocycles. The summed E-state index contributed by atoms with van der Waals surface area (Å²) in [7, 11) is 0. The number of aromatic amines is 1. The van der Waals surface area contributed by atoms with Crippen molar-refractivity contribution in [2.75, 3.05) is 18.4 Å². The summed E-state index contributed by atoms with van der Waals surface area (Å²) in [4.78, 5) is 111. The SMILES string of the molecule is Cc1cccc(-c2nc(CN(Cc3cccc(-c4ccccc4)c3C)C(=O)OCc3ccc(NC(=O)C(CCCNC(N)=O)NC(=O)C(NC(=O)CCCCCN4C(=O)C=CC4=O)C(C)C)cc3)[nH]c2-c2ccc3ncnn3c2)n1. The third kappa shape index (κ3) is 14.9. The summed E-state index contributed by atoms with van der Waals surface area (Å²) < 4.78 is 7.71. The van der Waals surface area contributed by atoms with Gasteiger partial charge in [-0.15, -0.1) is 0 Å². The number of primary amides is 1. The van der Waals surface area contributed by atoms with Crippen molar-refractivity contribution in [2.24, 2.45) is 11.7 Å². The highest BCUT2D eigenvalue weighted by molar-refractivity contribution is 6.12. The molecule has 0 aliphatic carbocycles. The third-order valence-corrected chi connectivity index (χ3v) is 13.6. The van der Waals surface area contributed by atoms with Crippen LogP contribution in [0.3, 0.4) is 0 Å². The van der Waals surface area contributed by atoms with Crippen molar-refractivity contribution >= 4 is 53.0 Å². The molecular weight excluding hydrogens is 1020 g/mol. The number of aromatic nitrogens is 6. The van der Waals surface area contributed by atoms with E-state index in [1.807, 2.05) is 92.8 Å². The van der Waals surface area contributed by atoms with E-state index in [1.165, 1.54) is 18.5 Å². The Labute approximate surface area is 462 Å². The Morgan fingerprint density at radius 2 is 1.54 bits per heavy atom. The summed E-state index contributed by atoms with van der Waals surface area (Å²) in [5, 5.41) is 15.3. The highest BCUT2D eigenvalue weighted by Crippen LogP contribution is 2.31. The lowest BCUT2D eigenvalue weighted by Crippen LogP contribution is -2.54. The molecule has 0 saturated carbocycles. The fourth-order valence-electron chi connectivity index (χ4n) is 9.25. The van der Waals surface area contributed by atoms with Crippen LogP contribution in [0.4, 0.5) is 15.3 Å². The van der Waals surface area contributed by atoms with E-state index in [2.05, 4.69) is 42.4 Å². The Morgan fingerprint density at radius 1 is 0.775 bits per heavy atom. The average Bonchev–Trinajstić information content (AvgIpc) is 4.19. The van der Waals surface area contributed by atoms with Crippen LogP contribution in [-0.2, 0) is 48.4 Å². The summed E-state index contributed by atoms with van der Waals surface area (Å²) in [6, 6.07) is 29.5. The minimum Gasteiger partial charge on any atom is -0.445 e. The lowest BCUT2D eigenvalue weighted by atomic mass is 9.96. The van der Waals surface area contributed by atoms with E-state index in [4.69, 9.17) is 20.4 Å². The summed E-state index contributed by atoms with van der Waals surface area (Å²) >= 11 is 0. The topological polar surface area (TPSA) is 281 Å². The number of nitrogens with zero attached hydrogens (tertiary/aromatic N) is 7. The molecule has 7 aromatic rings. The molecule has 2 unspecified atom stereocenters. The molecule has 21 heteroatoms. The van der Waals surface area contributed by atoms with Crippen molar-refractivity contribution in [3.63, 3.8) is 0 Å². The van der Waals surface area contributed by atoms with Crippen LogP contribution in [0.1, 0.15) is 80.6 Å². The van der Waals surface area contributed by atoms with Crippen molar-refractivity contribution in [1.82, 2.24) is 55.3 Å². The van der Waals surface area contributed by atoms with Crippen LogP contribution < -0.4 is 27.0 Å². The van der Waals surface area contributed by atoms with Gasteiger partial charge in [0.1, 0.15) is 36.5 Å². The molecule has 3 aromatic carbocycles. The standard InChI is InChI=1S/C59H65N13O8/c1-37(2)53(69-50(73)21-9-6-10-31-71-51(74)28-29-52(71)75)57(77)66-47(20-13-30-61-58(60)78)56(76)65-44-25-22-40(23-26-44)35-80-59(79)70(32-42-17-12-18-45(39(42)4)41-15-7-5-8-16-41)34-48-67-54(43-24-27-49-62-36-63-72(49)33-43)55(68-48)46-19-11-14-38(3)64-46/h5,7-8,11-12,14-19,22-29,33,36-37,47,53H,6,9-10,13,20-21,30-32,34-35H2,1-4H3,(H,65,76)(H,66,77)(H,67,68)(H,69,73)(H3,60,61,78). The van der Waals surface area contributed by atoms with Crippen LogP contribution >= 0.6 is 0 Å². The van der Waals surface area contributed by atoms with Gasteiger partial charge in [-0.2, -0.15) is 5.10 Å². The molecule has 21 nitrogen and oxygen atoms in total. The number of fused-ring (bicyclic) bond motifs is 1. The number of rotatable bonds is 25. The monoisotopic (exact) mass is 1080 g/mol. The first-order valence-electron chi connectivity index (χ1n) is 26.5. The number of urea groups is 1. The predicted molar refractivity (Wildman–Crippen MR) is 300 cm³/mol. The molecule has 0 radical (unpaired) electrons. The number of carbonyl (C=O) groups is 7. The Morgan fingerprint density at radius 3 is 2.27 bits per heavy atom. The molecule has 0 fully saturated rings. The van der Waals surface area contributed by atoms with Crippen molar-refractivity contribution in [1.29, 1.82) is 0 Å². The fourth-order valence-corrected chi connectivity index (χ4v) is 9.25. The Hall–Kier alpha value is -9.53. The number of imidazole rings is 1. The number of hydrogen-bond acceptors (Lipinski definition) is 12. The van der Waals surface area contributed by atoms with Gasteiger partial charge in [-0.1, -0.05) is 87.0 Å². The lowest BCUT2D eigenvalue weighted by Gasteiger charge is -2.25. The van der Waals surface area contributed by atoms with Gasteiger partial charge in [0.15, 0.2) is 5.65 Å². The van der Waals surface area contributed by atoms with Crippen molar-refractivity contribution in [3.05, 3.63) is 156 Å². The molecule has 1 aliphatic heterocycles. The van der Waals surface area contributed by atoms with E-state index < -0.39 is 36.0 Å². The average molecular weight is 1080 g/mol. The Balaban J connectivity index is 0.944. The van der Waals surface area contributed by atoms with Crippen molar-refractivity contribution in [2.45, 2.75) is 98.0 Å². The number of H-pyrrole nitrogens is 1. The van der Waals surface area contributed by atoms with Gasteiger partial charge in [-0.3, -0.25) is 38.8 Å². The van der Waals surface area contributed by atoms with Gasteiger partial charge in [0.25, 0.3) is 11.8 Å². The van der Waals surface area contributed by atoms with Gasteiger partial charge in [-0.05, 0) is 110 Å². The summed E-state index contributed by atoms with van der Waals surface area (Å²) in [6.45, 7) is 8.00. The molecule has 80 heavy (non-hydrogen) atoms. The first kappa shape index (κ1) is 56.7. The molecule has 5 heterocycles. The van der Waals surface area contributed by atoms with Crippen molar-refractivity contribution < 1.29 is 38.3 Å². The number of imide groups is 1. The predicted octanol–water partition coefficient (Wildman–Crippen LogP) is 7.30. The molecule has 0 bridgehead atoms. The number of carbonyl (C=O) groups excluding carboxylic acids is 7. The minimum atomic E-state index is -1.07. The molecular formula is C59H65N13O8. The maximum atomic E-state index is 14.4. The Bertz CT molecular complexity index is 3370. The molecule has 1 aliphatic rings. The number of unbranched alkanes of at least 4 members (excludes halogenated alkanes) is 2. The van der Waals surface area contributed by atoms with Crippen LogP contribution in [0.15, 0.2) is 128 Å². The van der Waals surface area contributed by atoms with Gasteiger partial charge in [0, 0.05) is 61.3 Å². The summed E-state index contributed by atoms with van der Waals surface area (Å²) in [5.74, 6) is -2.04. The fraction of sp³-hybridized carbons (Fsp3) is 0.305. The number of hydrogen-bond donors (Lipinski definition) is 6. The highest BCUT2D eigenvalue weighted by Gasteiger charge is 2.30. The van der Waals surface area contributed by atoms with Gasteiger partial charge < -0.3 is 36.7 Å². The molecule has 7 N–H and O–H groups in total. The van der Waals surface area contributed by atoms with Gasteiger partial charge in [-0.25, -0.2) is 24.1 Å². The van der Waals surface area contributed by atoms with Gasteiger partial charge in [0.2, 0.25) is 17.7 Å². The first-order chi connectivity index (χ1) is 38.6. The molecule has 414 valence electrons. The zero-order chi connectivity index (χ0) is 56.7. The van der Waals surface area contributed by atoms with Crippen LogP contribution in [0.25, 0.3) is 39.4 Å². The minimum absolute atomic E-state index is 0.0386. The molecule has 0 spiro atoms. The maximum Gasteiger partial charge on any atom is 0.410 e. The normalized spacial score (nSPS) is 12.8. The van der Waals surface area contributed by atoms with Gasteiger partial charge in [0.05, 0.1) is 17.9 Å². The zero-order valence-electron chi connectivity index (χ0n) is 45.1. The third-order valence-electron chi connectivity index (χ3n) is 13.6. The van der Waals surface area contributed by atoms with E-state index in [0.717, 1.165) is 38.4 Å².